The van der Waals surface area contributed by atoms with Gasteiger partial charge in [0, 0.05) is 33.6 Å². The highest BCUT2D eigenvalue weighted by Crippen LogP contribution is 2.59. The van der Waals surface area contributed by atoms with Gasteiger partial charge in [-0.05, 0) is 66.1 Å². The summed E-state index contributed by atoms with van der Waals surface area (Å²) in [6.45, 7) is 1.61. The van der Waals surface area contributed by atoms with Crippen LogP contribution in [0, 0.1) is 12.7 Å². The normalized spacial score (nSPS) is 22.8. The molecule has 0 radical (unpaired) electrons. The van der Waals surface area contributed by atoms with Gasteiger partial charge < -0.3 is 20.5 Å². The van der Waals surface area contributed by atoms with Crippen LogP contribution in [-0.2, 0) is 15.0 Å². The first-order chi connectivity index (χ1) is 17.2. The lowest BCUT2D eigenvalue weighted by molar-refractivity contribution is -0.131. The number of carbonyl (C=O) groups is 2. The van der Waals surface area contributed by atoms with E-state index in [1.807, 2.05) is 6.92 Å². The summed E-state index contributed by atoms with van der Waals surface area (Å²) in [5, 5.41) is 16.1. The van der Waals surface area contributed by atoms with Gasteiger partial charge in [0.05, 0.1) is 12.6 Å². The van der Waals surface area contributed by atoms with Gasteiger partial charge in [-0.15, -0.1) is 0 Å². The molecule has 5 rings (SSSR count). The molecule has 6 nitrogen and oxygen atoms in total. The Kier molecular flexibility index (Phi) is 6.41. The molecule has 2 aliphatic rings. The second kappa shape index (κ2) is 9.39. The van der Waals surface area contributed by atoms with Crippen molar-refractivity contribution in [3.05, 3.63) is 92.7 Å². The number of benzene rings is 3. The maximum absolute atomic E-state index is 14.5. The minimum Gasteiger partial charge on any atom is -0.491 e. The number of rotatable bonds is 5. The Morgan fingerprint density at radius 2 is 1.81 bits per heavy atom. The first-order valence-electron chi connectivity index (χ1n) is 11.5. The molecule has 1 spiro atoms. The second-order valence-corrected chi connectivity index (χ2v) is 9.90. The van der Waals surface area contributed by atoms with Crippen LogP contribution in [0.5, 0.6) is 5.75 Å². The number of hydrogen-bond acceptors (Lipinski definition) is 4. The van der Waals surface area contributed by atoms with Crippen molar-refractivity contribution >= 4 is 40.7 Å². The number of ether oxygens (including phenoxy) is 1. The van der Waals surface area contributed by atoms with Crippen LogP contribution >= 0.6 is 23.2 Å². The summed E-state index contributed by atoms with van der Waals surface area (Å²) in [5.74, 6) is -1.47. The zero-order valence-electron chi connectivity index (χ0n) is 19.3. The van der Waals surface area contributed by atoms with Gasteiger partial charge in [-0.3, -0.25) is 9.59 Å². The molecule has 186 valence electrons. The molecule has 2 heterocycles. The third-order valence-corrected chi connectivity index (χ3v) is 7.47. The van der Waals surface area contributed by atoms with Crippen LogP contribution in [0.2, 0.25) is 10.0 Å². The molecule has 0 saturated carbocycles. The minimum absolute atomic E-state index is 0.0192. The molecule has 3 atom stereocenters. The number of fused-ring (bicyclic) bond motifs is 2. The second-order valence-electron chi connectivity index (χ2n) is 9.03. The van der Waals surface area contributed by atoms with Gasteiger partial charge in [0.2, 0.25) is 11.8 Å². The monoisotopic (exact) mass is 528 g/mol. The van der Waals surface area contributed by atoms with E-state index in [4.69, 9.17) is 27.9 Å². The van der Waals surface area contributed by atoms with Crippen LogP contribution in [0.25, 0.3) is 0 Å². The third kappa shape index (κ3) is 3.92. The van der Waals surface area contributed by atoms with Crippen LogP contribution < -0.4 is 15.4 Å². The van der Waals surface area contributed by atoms with Crippen LogP contribution in [0.3, 0.4) is 0 Å². The fourth-order valence-electron chi connectivity index (χ4n) is 5.52. The van der Waals surface area contributed by atoms with E-state index < -0.39 is 23.2 Å². The van der Waals surface area contributed by atoms with Crippen molar-refractivity contribution in [1.82, 2.24) is 5.32 Å². The molecule has 0 bridgehead atoms. The number of carbonyl (C=O) groups excluding carboxylic acids is 2. The summed E-state index contributed by atoms with van der Waals surface area (Å²) in [6, 6.07) is 13.5. The average Bonchev–Trinajstić information content (AvgIpc) is 3.12. The predicted molar refractivity (Wildman–Crippen MR) is 135 cm³/mol. The summed E-state index contributed by atoms with van der Waals surface area (Å²) in [7, 11) is 0. The van der Waals surface area contributed by atoms with Gasteiger partial charge in [0.25, 0.3) is 0 Å². The smallest absolute Gasteiger partial charge is 0.238 e. The van der Waals surface area contributed by atoms with Crippen LogP contribution in [0.4, 0.5) is 10.1 Å². The maximum atomic E-state index is 14.5. The fraction of sp³-hybridized carbons (Fsp3) is 0.259. The number of amides is 2. The zero-order chi connectivity index (χ0) is 25.6. The Bertz CT molecular complexity index is 1380. The molecule has 2 aliphatic heterocycles. The quantitative estimate of drug-likeness (QED) is 0.432. The van der Waals surface area contributed by atoms with Crippen molar-refractivity contribution in [2.75, 3.05) is 18.5 Å². The maximum Gasteiger partial charge on any atom is 0.238 e. The first kappa shape index (κ1) is 24.6. The predicted octanol–water partition coefficient (Wildman–Crippen LogP) is 5.05. The number of aryl methyl sites for hydroxylation is 1. The van der Waals surface area contributed by atoms with Crippen molar-refractivity contribution in [2.45, 2.75) is 30.7 Å². The van der Waals surface area contributed by atoms with Gasteiger partial charge in [-0.25, -0.2) is 4.39 Å². The number of nitrogens with one attached hydrogen (secondary N) is 2. The molecule has 36 heavy (non-hydrogen) atoms. The molecule has 1 fully saturated rings. The first-order valence-corrected chi connectivity index (χ1v) is 12.2. The summed E-state index contributed by atoms with van der Waals surface area (Å²) >= 11 is 12.6. The zero-order valence-corrected chi connectivity index (χ0v) is 20.8. The molecule has 1 saturated heterocycles. The van der Waals surface area contributed by atoms with E-state index in [1.165, 1.54) is 12.1 Å². The van der Waals surface area contributed by atoms with Crippen LogP contribution in [0.15, 0.2) is 54.6 Å². The van der Waals surface area contributed by atoms with Crippen molar-refractivity contribution in [2.24, 2.45) is 0 Å². The van der Waals surface area contributed by atoms with Gasteiger partial charge in [-0.2, -0.15) is 0 Å². The van der Waals surface area contributed by atoms with E-state index in [0.717, 1.165) is 5.56 Å². The lowest BCUT2D eigenvalue weighted by atomic mass is 9.59. The Balaban J connectivity index is 1.82. The van der Waals surface area contributed by atoms with Crippen molar-refractivity contribution in [1.29, 1.82) is 0 Å². The van der Waals surface area contributed by atoms with Crippen molar-refractivity contribution in [3.8, 4) is 5.75 Å². The number of aliphatic hydroxyl groups excluding tert-OH is 1. The molecule has 9 heteroatoms. The highest BCUT2D eigenvalue weighted by atomic mass is 35.5. The van der Waals surface area contributed by atoms with E-state index in [9.17, 15) is 19.1 Å². The summed E-state index contributed by atoms with van der Waals surface area (Å²) in [6.07, 6.45) is -0.0455. The summed E-state index contributed by atoms with van der Waals surface area (Å²) in [4.78, 5) is 27.3. The van der Waals surface area contributed by atoms with E-state index in [0.29, 0.717) is 38.2 Å². The third-order valence-electron chi connectivity index (χ3n) is 7.00. The van der Waals surface area contributed by atoms with Gasteiger partial charge >= 0.3 is 0 Å². The van der Waals surface area contributed by atoms with Crippen LogP contribution in [0.1, 0.15) is 40.6 Å². The van der Waals surface area contributed by atoms with Crippen molar-refractivity contribution in [3.63, 3.8) is 0 Å². The summed E-state index contributed by atoms with van der Waals surface area (Å²) in [5.41, 5.74) is 1.54. The highest BCUT2D eigenvalue weighted by Gasteiger charge is 2.61. The number of aliphatic hydroxyl groups is 1. The lowest BCUT2D eigenvalue weighted by Crippen LogP contribution is -2.57. The number of piperidine rings is 1. The lowest BCUT2D eigenvalue weighted by Gasteiger charge is -2.47. The number of halogens is 3. The minimum atomic E-state index is -1.37. The molecule has 3 aromatic rings. The molecular formula is C27H23Cl2FN2O4. The number of hydrogen-bond donors (Lipinski definition) is 3. The topological polar surface area (TPSA) is 87.7 Å². The van der Waals surface area contributed by atoms with Gasteiger partial charge in [0.1, 0.15) is 23.6 Å². The molecule has 3 N–H and O–H groups in total. The van der Waals surface area contributed by atoms with E-state index in [2.05, 4.69) is 10.6 Å². The molecule has 3 aromatic carbocycles. The molecular weight excluding hydrogens is 506 g/mol. The van der Waals surface area contributed by atoms with E-state index >= 15 is 0 Å². The number of anilines is 1. The van der Waals surface area contributed by atoms with Gasteiger partial charge in [0.15, 0.2) is 0 Å². The molecule has 2 amide bonds. The molecule has 0 aliphatic carbocycles. The average molecular weight is 529 g/mol. The standard InChI is InChI=1S/C27H23Cl2FN2O4/c1-14-2-5-17(30)12-18(14)25-27(20-6-3-16(29)11-22(20)31-26(27)35)21(13-24(34)32-25)19-10-15(28)4-7-23(19)36-9-8-33/h2-7,10-12,21,25,33H,8-9,13H2,1H3,(H,31,35)(H,32,34)/t21-,25+,27-/m1/s1. The highest BCUT2D eigenvalue weighted by molar-refractivity contribution is 6.31. The fourth-order valence-corrected chi connectivity index (χ4v) is 5.87. The van der Waals surface area contributed by atoms with Crippen molar-refractivity contribution < 1.29 is 23.8 Å². The Morgan fingerprint density at radius 3 is 2.58 bits per heavy atom. The Labute approximate surface area is 217 Å². The molecule has 0 unspecified atom stereocenters. The Morgan fingerprint density at radius 1 is 1.06 bits per heavy atom. The molecule has 0 aromatic heterocycles. The van der Waals surface area contributed by atoms with E-state index in [1.54, 1.807) is 42.5 Å². The SMILES string of the molecule is Cc1ccc(F)cc1[C@@H]1NC(=O)C[C@H](c2cc(Cl)ccc2OCCO)[C@@]12C(=O)Nc1cc(Cl)ccc12. The Hall–Kier alpha value is -3.13. The largest absolute Gasteiger partial charge is 0.491 e. The van der Waals surface area contributed by atoms with Gasteiger partial charge in [-0.1, -0.05) is 35.3 Å². The van der Waals surface area contributed by atoms with E-state index in [-0.39, 0.29) is 31.4 Å². The summed E-state index contributed by atoms with van der Waals surface area (Å²) < 4.78 is 20.3. The van der Waals surface area contributed by atoms with Crippen LogP contribution in [-0.4, -0.2) is 30.1 Å².